The Hall–Kier alpha value is -2.87. The Morgan fingerprint density at radius 3 is 2.03 bits per heavy atom. The topological polar surface area (TPSA) is 78.8 Å². The van der Waals surface area contributed by atoms with E-state index < -0.39 is 22.5 Å². The van der Waals surface area contributed by atoms with Crippen molar-refractivity contribution in [2.75, 3.05) is 10.8 Å². The summed E-state index contributed by atoms with van der Waals surface area (Å²) in [7, 11) is -4.01. The zero-order valence-electron chi connectivity index (χ0n) is 16.5. The Morgan fingerprint density at radius 1 is 0.903 bits per heavy atom. The molecule has 0 aromatic heterocycles. The van der Waals surface area contributed by atoms with E-state index >= 15 is 0 Å². The van der Waals surface area contributed by atoms with Crippen LogP contribution in [0.1, 0.15) is 12.5 Å². The van der Waals surface area contributed by atoms with Gasteiger partial charge >= 0.3 is 0 Å². The van der Waals surface area contributed by atoms with Crippen LogP contribution in [-0.4, -0.2) is 26.6 Å². The number of para-hydroxylation sites is 1. The van der Waals surface area contributed by atoms with Crippen LogP contribution in [0.3, 0.4) is 0 Å². The largest absolute Gasteiger partial charge is 0.271 e. The Labute approximate surface area is 191 Å². The SMILES string of the molecule is C/C(=N/NC(=O)CN(c1ccccc1)S(=O)(=O)c1ccc(Cl)cc1)c1ccc(Cl)cc1. The van der Waals surface area contributed by atoms with Gasteiger partial charge in [-0.3, -0.25) is 9.10 Å². The van der Waals surface area contributed by atoms with Gasteiger partial charge < -0.3 is 0 Å². The van der Waals surface area contributed by atoms with Gasteiger partial charge in [-0.15, -0.1) is 0 Å². The summed E-state index contributed by atoms with van der Waals surface area (Å²) in [5.41, 5.74) is 4.10. The molecule has 9 heteroatoms. The maximum Gasteiger partial charge on any atom is 0.264 e. The van der Waals surface area contributed by atoms with E-state index in [1.807, 2.05) is 0 Å². The molecule has 3 aromatic carbocycles. The van der Waals surface area contributed by atoms with Crippen molar-refractivity contribution in [3.8, 4) is 0 Å². The van der Waals surface area contributed by atoms with Gasteiger partial charge in [0.1, 0.15) is 6.54 Å². The van der Waals surface area contributed by atoms with Crippen molar-refractivity contribution in [2.45, 2.75) is 11.8 Å². The Morgan fingerprint density at radius 2 is 1.45 bits per heavy atom. The minimum atomic E-state index is -4.01. The second kappa shape index (κ2) is 9.96. The highest BCUT2D eigenvalue weighted by molar-refractivity contribution is 7.92. The second-order valence-electron chi connectivity index (χ2n) is 6.54. The van der Waals surface area contributed by atoms with Crippen LogP contribution in [0.25, 0.3) is 0 Å². The Kier molecular flexibility index (Phi) is 7.33. The van der Waals surface area contributed by atoms with E-state index in [4.69, 9.17) is 23.2 Å². The summed E-state index contributed by atoms with van der Waals surface area (Å²) in [5, 5.41) is 5.07. The molecule has 1 N–H and O–H groups in total. The maximum atomic E-state index is 13.2. The van der Waals surface area contributed by atoms with E-state index in [9.17, 15) is 13.2 Å². The zero-order chi connectivity index (χ0) is 22.4. The van der Waals surface area contributed by atoms with Crippen LogP contribution in [0.4, 0.5) is 5.69 Å². The second-order valence-corrected chi connectivity index (χ2v) is 9.28. The van der Waals surface area contributed by atoms with E-state index in [-0.39, 0.29) is 4.90 Å². The van der Waals surface area contributed by atoms with E-state index in [0.29, 0.717) is 21.4 Å². The standard InChI is InChI=1S/C22H19Cl2N3O3S/c1-16(17-7-9-18(23)10-8-17)25-26-22(28)15-27(20-5-3-2-4-6-20)31(29,30)21-13-11-19(24)12-14-21/h2-14H,15H2,1H3,(H,26,28)/b25-16-. The highest BCUT2D eigenvalue weighted by atomic mass is 35.5. The Bertz CT molecular complexity index is 1180. The molecular formula is C22H19Cl2N3O3S. The van der Waals surface area contributed by atoms with Crippen LogP contribution in [0.5, 0.6) is 0 Å². The van der Waals surface area contributed by atoms with Crippen molar-refractivity contribution in [1.82, 2.24) is 5.43 Å². The molecule has 31 heavy (non-hydrogen) atoms. The third-order valence-electron chi connectivity index (χ3n) is 4.34. The smallest absolute Gasteiger partial charge is 0.264 e. The van der Waals surface area contributed by atoms with Gasteiger partial charge in [-0.05, 0) is 61.0 Å². The summed E-state index contributed by atoms with van der Waals surface area (Å²) < 4.78 is 27.5. The van der Waals surface area contributed by atoms with Gasteiger partial charge in [0, 0.05) is 10.0 Å². The number of rotatable bonds is 7. The zero-order valence-corrected chi connectivity index (χ0v) is 18.8. The van der Waals surface area contributed by atoms with E-state index in [2.05, 4.69) is 10.5 Å². The summed E-state index contributed by atoms with van der Waals surface area (Å²) in [6, 6.07) is 21.1. The van der Waals surface area contributed by atoms with E-state index in [1.54, 1.807) is 61.5 Å². The summed E-state index contributed by atoms with van der Waals surface area (Å²) in [6.45, 7) is 1.27. The average Bonchev–Trinajstić information content (AvgIpc) is 2.77. The fraction of sp³-hybridized carbons (Fsp3) is 0.0909. The van der Waals surface area contributed by atoms with Crippen molar-refractivity contribution in [2.24, 2.45) is 5.10 Å². The van der Waals surface area contributed by atoms with Gasteiger partial charge in [0.05, 0.1) is 16.3 Å². The van der Waals surface area contributed by atoms with Gasteiger partial charge in [0.2, 0.25) is 0 Å². The third-order valence-corrected chi connectivity index (χ3v) is 6.64. The monoisotopic (exact) mass is 475 g/mol. The number of carbonyl (C=O) groups excluding carboxylic acids is 1. The number of nitrogens with one attached hydrogen (secondary N) is 1. The van der Waals surface area contributed by atoms with Gasteiger partial charge in [0.25, 0.3) is 15.9 Å². The number of hydrogen-bond donors (Lipinski definition) is 1. The van der Waals surface area contributed by atoms with Crippen LogP contribution in [0.2, 0.25) is 10.0 Å². The summed E-state index contributed by atoms with van der Waals surface area (Å²) in [4.78, 5) is 12.6. The van der Waals surface area contributed by atoms with Crippen LogP contribution >= 0.6 is 23.2 Å². The molecule has 160 valence electrons. The van der Waals surface area contributed by atoms with Crippen LogP contribution in [0, 0.1) is 0 Å². The third kappa shape index (κ3) is 5.85. The average molecular weight is 476 g/mol. The van der Waals surface area contributed by atoms with E-state index in [0.717, 1.165) is 9.87 Å². The van der Waals surface area contributed by atoms with Crippen molar-refractivity contribution >= 4 is 50.5 Å². The molecule has 0 aliphatic heterocycles. The fourth-order valence-corrected chi connectivity index (χ4v) is 4.38. The molecule has 0 spiro atoms. The molecule has 1 amide bonds. The predicted octanol–water partition coefficient (Wildman–Crippen LogP) is 4.73. The molecule has 0 saturated carbocycles. The first-order chi connectivity index (χ1) is 14.8. The first-order valence-electron chi connectivity index (χ1n) is 9.20. The summed E-state index contributed by atoms with van der Waals surface area (Å²) >= 11 is 11.8. The molecule has 3 rings (SSSR count). The van der Waals surface area contributed by atoms with Crippen molar-refractivity contribution < 1.29 is 13.2 Å². The lowest BCUT2D eigenvalue weighted by atomic mass is 10.1. The van der Waals surface area contributed by atoms with Gasteiger partial charge in [-0.25, -0.2) is 13.8 Å². The highest BCUT2D eigenvalue weighted by Crippen LogP contribution is 2.24. The molecule has 0 aliphatic rings. The van der Waals surface area contributed by atoms with E-state index in [1.165, 1.54) is 24.3 Å². The van der Waals surface area contributed by atoms with Gasteiger partial charge in [-0.2, -0.15) is 5.10 Å². The lowest BCUT2D eigenvalue weighted by Gasteiger charge is -2.23. The molecule has 0 saturated heterocycles. The number of amides is 1. The van der Waals surface area contributed by atoms with Crippen molar-refractivity contribution in [3.63, 3.8) is 0 Å². The first kappa shape index (κ1) is 22.8. The quantitative estimate of drug-likeness (QED) is 0.396. The number of carbonyl (C=O) groups is 1. The molecule has 0 heterocycles. The minimum absolute atomic E-state index is 0.0226. The molecular weight excluding hydrogens is 457 g/mol. The molecule has 0 fully saturated rings. The number of hydrazone groups is 1. The predicted molar refractivity (Wildman–Crippen MR) is 124 cm³/mol. The summed E-state index contributed by atoms with van der Waals surface area (Å²) in [6.07, 6.45) is 0. The molecule has 6 nitrogen and oxygen atoms in total. The number of benzene rings is 3. The Balaban J connectivity index is 1.83. The molecule has 0 unspecified atom stereocenters. The number of halogens is 2. The van der Waals surface area contributed by atoms with Crippen LogP contribution < -0.4 is 9.73 Å². The minimum Gasteiger partial charge on any atom is -0.271 e. The summed E-state index contributed by atoms with van der Waals surface area (Å²) in [5.74, 6) is -0.588. The number of sulfonamides is 1. The highest BCUT2D eigenvalue weighted by Gasteiger charge is 2.27. The number of hydrogen-bond acceptors (Lipinski definition) is 4. The van der Waals surface area contributed by atoms with Crippen LogP contribution in [-0.2, 0) is 14.8 Å². The molecule has 3 aromatic rings. The maximum absolute atomic E-state index is 13.2. The van der Waals surface area contributed by atoms with Gasteiger partial charge in [-0.1, -0.05) is 53.5 Å². The lowest BCUT2D eigenvalue weighted by molar-refractivity contribution is -0.119. The molecule has 0 bridgehead atoms. The molecule has 0 radical (unpaired) electrons. The van der Waals surface area contributed by atoms with Crippen LogP contribution in [0.15, 0.2) is 88.9 Å². The van der Waals surface area contributed by atoms with Gasteiger partial charge in [0.15, 0.2) is 0 Å². The molecule has 0 aliphatic carbocycles. The number of nitrogens with zero attached hydrogens (tertiary/aromatic N) is 2. The normalized spacial score (nSPS) is 11.8. The van der Waals surface area contributed by atoms with Crippen molar-refractivity contribution in [3.05, 3.63) is 94.5 Å². The number of anilines is 1. The van der Waals surface area contributed by atoms with Crippen molar-refractivity contribution in [1.29, 1.82) is 0 Å². The fourth-order valence-electron chi connectivity index (χ4n) is 2.71. The molecule has 0 atom stereocenters. The lowest BCUT2D eigenvalue weighted by Crippen LogP contribution is -2.39. The first-order valence-corrected chi connectivity index (χ1v) is 11.4.